The van der Waals surface area contributed by atoms with E-state index in [0.717, 1.165) is 6.08 Å². The summed E-state index contributed by atoms with van der Waals surface area (Å²) in [6.45, 7) is 1.86. The van der Waals surface area contributed by atoms with Crippen molar-refractivity contribution in [3.63, 3.8) is 0 Å². The van der Waals surface area contributed by atoms with E-state index in [2.05, 4.69) is 4.74 Å². The monoisotopic (exact) mass is 166 g/mol. The van der Waals surface area contributed by atoms with Crippen LogP contribution in [0.15, 0.2) is 12.2 Å². The summed E-state index contributed by atoms with van der Waals surface area (Å²) < 4.78 is 4.38. The van der Waals surface area contributed by atoms with Crippen LogP contribution < -0.4 is 34.7 Å². The maximum Gasteiger partial charge on any atom is 1.00 e. The second-order valence-corrected chi connectivity index (χ2v) is 1.40. The van der Waals surface area contributed by atoms with Gasteiger partial charge in [0.15, 0.2) is 0 Å². The molecule has 0 aromatic rings. The Morgan fingerprint density at radius 1 is 1.45 bits per heavy atom. The molecule has 0 atom stereocenters. The predicted octanol–water partition coefficient (Wildman–Crippen LogP) is -4.14. The fraction of sp³-hybridized carbons (Fsp3) is 0.333. The second-order valence-electron chi connectivity index (χ2n) is 1.40. The summed E-state index contributed by atoms with van der Waals surface area (Å²) in [7, 11) is 0. The standard InChI is InChI=1S/C6H8O4.Na/c1-2-10-6(9)4-3-5(7)8;/h3-4H,2H2,1H3,(H,7,8);/q;+1/p-1/b4-3+;. The molecule has 11 heavy (non-hydrogen) atoms. The van der Waals surface area contributed by atoms with E-state index in [4.69, 9.17) is 0 Å². The summed E-state index contributed by atoms with van der Waals surface area (Å²) in [5, 5.41) is 9.70. The van der Waals surface area contributed by atoms with Crippen molar-refractivity contribution < 1.29 is 49.0 Å². The molecule has 0 aliphatic rings. The number of carboxylic acid groups (broad SMARTS) is 1. The molecule has 0 N–H and O–H groups in total. The second kappa shape index (κ2) is 7.78. The number of carboxylic acids is 1. The Morgan fingerprint density at radius 2 is 2.00 bits per heavy atom. The SMILES string of the molecule is CCOC(=O)/C=C/C(=O)[O-].[Na+]. The summed E-state index contributed by atoms with van der Waals surface area (Å²) in [4.78, 5) is 20.0. The average Bonchev–Trinajstić information content (AvgIpc) is 1.85. The number of esters is 1. The van der Waals surface area contributed by atoms with Crippen LogP contribution in [0, 0.1) is 0 Å². The van der Waals surface area contributed by atoms with Crippen molar-refractivity contribution >= 4 is 11.9 Å². The molecule has 0 amide bonds. The van der Waals surface area contributed by atoms with E-state index in [1.165, 1.54) is 0 Å². The third kappa shape index (κ3) is 9.68. The topological polar surface area (TPSA) is 66.4 Å². The zero-order valence-electron chi connectivity index (χ0n) is 6.49. The van der Waals surface area contributed by atoms with Crippen LogP contribution in [0.2, 0.25) is 0 Å². The van der Waals surface area contributed by atoms with Crippen LogP contribution in [-0.4, -0.2) is 18.5 Å². The Bertz CT molecular complexity index is 164. The number of hydrogen-bond acceptors (Lipinski definition) is 4. The van der Waals surface area contributed by atoms with Gasteiger partial charge in [0.25, 0.3) is 0 Å². The first-order valence-corrected chi connectivity index (χ1v) is 2.72. The first-order valence-electron chi connectivity index (χ1n) is 2.72. The van der Waals surface area contributed by atoms with Gasteiger partial charge in [0.2, 0.25) is 0 Å². The van der Waals surface area contributed by atoms with Crippen molar-refractivity contribution in [2.24, 2.45) is 0 Å². The smallest absolute Gasteiger partial charge is 0.545 e. The number of rotatable bonds is 3. The predicted molar refractivity (Wildman–Crippen MR) is 30.8 cm³/mol. The van der Waals surface area contributed by atoms with Crippen LogP contribution in [0.1, 0.15) is 6.92 Å². The first kappa shape index (κ1) is 13.3. The van der Waals surface area contributed by atoms with E-state index in [9.17, 15) is 14.7 Å². The molecule has 0 fully saturated rings. The Hall–Kier alpha value is -0.320. The molecule has 0 aromatic heterocycles. The zero-order valence-corrected chi connectivity index (χ0v) is 8.49. The van der Waals surface area contributed by atoms with Crippen molar-refractivity contribution in [2.75, 3.05) is 6.61 Å². The molecule has 0 radical (unpaired) electrons. The minimum atomic E-state index is -1.41. The number of aliphatic carboxylic acids is 1. The fourth-order valence-corrected chi connectivity index (χ4v) is 0.326. The van der Waals surface area contributed by atoms with Crippen molar-refractivity contribution in [3.8, 4) is 0 Å². The van der Waals surface area contributed by atoms with Crippen LogP contribution in [-0.2, 0) is 14.3 Å². The zero-order chi connectivity index (χ0) is 7.98. The summed E-state index contributed by atoms with van der Waals surface area (Å²) in [5.74, 6) is -2.08. The quantitative estimate of drug-likeness (QED) is 0.242. The maximum atomic E-state index is 10.3. The Labute approximate surface area is 86.5 Å². The van der Waals surface area contributed by atoms with Gasteiger partial charge in [-0.15, -0.1) is 0 Å². The molecule has 0 spiro atoms. The van der Waals surface area contributed by atoms with Gasteiger partial charge in [-0.2, -0.15) is 0 Å². The molecule has 0 heterocycles. The maximum absolute atomic E-state index is 10.3. The van der Waals surface area contributed by atoms with Gasteiger partial charge in [0.1, 0.15) is 0 Å². The van der Waals surface area contributed by atoms with Crippen LogP contribution in [0.4, 0.5) is 0 Å². The van der Waals surface area contributed by atoms with Gasteiger partial charge in [0, 0.05) is 6.08 Å². The number of carbonyl (C=O) groups excluding carboxylic acids is 2. The van der Waals surface area contributed by atoms with Crippen molar-refractivity contribution in [2.45, 2.75) is 6.92 Å². The minimum absolute atomic E-state index is 0. The normalized spacial score (nSPS) is 8.82. The third-order valence-corrected chi connectivity index (χ3v) is 0.642. The van der Waals surface area contributed by atoms with Gasteiger partial charge in [-0.25, -0.2) is 4.79 Å². The van der Waals surface area contributed by atoms with Crippen LogP contribution in [0.5, 0.6) is 0 Å². The van der Waals surface area contributed by atoms with Crippen LogP contribution in [0.3, 0.4) is 0 Å². The molecule has 0 bridgehead atoms. The largest absolute Gasteiger partial charge is 1.00 e. The van der Waals surface area contributed by atoms with E-state index in [1.54, 1.807) is 6.92 Å². The summed E-state index contributed by atoms with van der Waals surface area (Å²) in [6.07, 6.45) is 1.43. The van der Waals surface area contributed by atoms with E-state index in [1.807, 2.05) is 0 Å². The van der Waals surface area contributed by atoms with Crippen molar-refractivity contribution in [3.05, 3.63) is 12.2 Å². The Morgan fingerprint density at radius 3 is 2.36 bits per heavy atom. The van der Waals surface area contributed by atoms with Gasteiger partial charge in [-0.05, 0) is 13.0 Å². The number of ether oxygens (including phenoxy) is 1. The van der Waals surface area contributed by atoms with Gasteiger partial charge in [-0.1, -0.05) is 0 Å². The molecule has 5 heteroatoms. The Kier molecular flexibility index (Phi) is 9.40. The number of hydrogen-bond donors (Lipinski definition) is 0. The van der Waals surface area contributed by atoms with Gasteiger partial charge < -0.3 is 14.6 Å². The van der Waals surface area contributed by atoms with E-state index in [-0.39, 0.29) is 36.2 Å². The Balaban J connectivity index is 0. The van der Waals surface area contributed by atoms with Gasteiger partial charge in [-0.3, -0.25) is 0 Å². The third-order valence-electron chi connectivity index (χ3n) is 0.642. The molecule has 0 saturated carbocycles. The molecule has 0 saturated heterocycles. The van der Waals surface area contributed by atoms with Crippen molar-refractivity contribution in [1.29, 1.82) is 0 Å². The summed E-state index contributed by atoms with van der Waals surface area (Å²) in [6, 6.07) is 0. The molecular formula is C6H7NaO4. The minimum Gasteiger partial charge on any atom is -0.545 e. The number of carbonyl (C=O) groups is 2. The fourth-order valence-electron chi connectivity index (χ4n) is 0.326. The van der Waals surface area contributed by atoms with Crippen LogP contribution >= 0.6 is 0 Å². The van der Waals surface area contributed by atoms with Gasteiger partial charge in [0.05, 0.1) is 12.6 Å². The molecule has 0 rings (SSSR count). The average molecular weight is 166 g/mol. The molecular weight excluding hydrogens is 159 g/mol. The van der Waals surface area contributed by atoms with E-state index >= 15 is 0 Å². The molecule has 0 aliphatic heterocycles. The summed E-state index contributed by atoms with van der Waals surface area (Å²) >= 11 is 0. The van der Waals surface area contributed by atoms with E-state index < -0.39 is 11.9 Å². The molecule has 56 valence electrons. The van der Waals surface area contributed by atoms with Crippen molar-refractivity contribution in [1.82, 2.24) is 0 Å². The molecule has 4 nitrogen and oxygen atoms in total. The van der Waals surface area contributed by atoms with E-state index in [0.29, 0.717) is 6.08 Å². The first-order chi connectivity index (χ1) is 4.66. The summed E-state index contributed by atoms with van der Waals surface area (Å²) in [5.41, 5.74) is 0. The van der Waals surface area contributed by atoms with Crippen LogP contribution in [0.25, 0.3) is 0 Å². The molecule has 0 unspecified atom stereocenters. The van der Waals surface area contributed by atoms with Gasteiger partial charge >= 0.3 is 35.5 Å². The molecule has 0 aromatic carbocycles. The molecule has 0 aliphatic carbocycles.